The van der Waals surface area contributed by atoms with Crippen LogP contribution in [-0.4, -0.2) is 48.3 Å². The van der Waals surface area contributed by atoms with Gasteiger partial charge < -0.3 is 10.6 Å². The van der Waals surface area contributed by atoms with Gasteiger partial charge in [0.15, 0.2) is 11.6 Å². The number of nitrogens with one attached hydrogen (secondary N) is 2. The second-order valence-corrected chi connectivity index (χ2v) is 9.49. The van der Waals surface area contributed by atoms with E-state index >= 15 is 0 Å². The zero-order chi connectivity index (χ0) is 28.4. The summed E-state index contributed by atoms with van der Waals surface area (Å²) >= 11 is 0. The number of amides is 2. The SMILES string of the molecule is CC(=O)C(Cc1ccccc1)NC(=O)C(C)C.CC(=O)C(Cc1ccccc1)NC(=O)C(C)CP.CP.[H+]. The third-order valence-corrected chi connectivity index (χ3v) is 6.21. The van der Waals surface area contributed by atoms with Crippen molar-refractivity contribution < 1.29 is 20.6 Å². The Hall–Kier alpha value is -2.42. The molecule has 37 heavy (non-hydrogen) atoms. The van der Waals surface area contributed by atoms with Gasteiger partial charge in [0.25, 0.3) is 0 Å². The summed E-state index contributed by atoms with van der Waals surface area (Å²) in [5.74, 6) is -0.367. The van der Waals surface area contributed by atoms with Crippen LogP contribution < -0.4 is 10.6 Å². The lowest BCUT2D eigenvalue weighted by Gasteiger charge is -2.18. The van der Waals surface area contributed by atoms with Crippen LogP contribution in [0, 0.1) is 11.8 Å². The highest BCUT2D eigenvalue weighted by Gasteiger charge is 2.20. The molecule has 6 nitrogen and oxygen atoms in total. The molecule has 0 aliphatic heterocycles. The van der Waals surface area contributed by atoms with Crippen molar-refractivity contribution in [2.45, 2.75) is 59.5 Å². The highest BCUT2D eigenvalue weighted by Crippen LogP contribution is 2.07. The minimum Gasteiger partial charge on any atom is -0.346 e. The first kappa shape index (κ1) is 34.6. The van der Waals surface area contributed by atoms with Crippen LogP contribution in [0.2, 0.25) is 0 Å². The summed E-state index contributed by atoms with van der Waals surface area (Å²) in [4.78, 5) is 46.5. The topological polar surface area (TPSA) is 92.3 Å². The van der Waals surface area contributed by atoms with Crippen LogP contribution in [0.3, 0.4) is 0 Å². The highest BCUT2D eigenvalue weighted by molar-refractivity contribution is 7.16. The van der Waals surface area contributed by atoms with Gasteiger partial charge in [-0.2, -0.15) is 0 Å². The van der Waals surface area contributed by atoms with Gasteiger partial charge in [0, 0.05) is 11.8 Å². The number of carbonyl (C=O) groups is 4. The minimum absolute atomic E-state index is 0. The van der Waals surface area contributed by atoms with Gasteiger partial charge >= 0.3 is 1.43 Å². The first-order chi connectivity index (χ1) is 17.5. The fourth-order valence-corrected chi connectivity index (χ4v) is 3.27. The zero-order valence-corrected chi connectivity index (χ0v) is 25.3. The van der Waals surface area contributed by atoms with Crippen molar-refractivity contribution in [1.29, 1.82) is 0 Å². The standard InChI is InChI=1S/C14H20NO2P.C14H19NO2.CH5P/c1-10(9-18)14(17)15-13(11(2)16)8-12-6-4-3-5-7-12;1-10(2)14(17)15-13(11(3)16)9-12-7-5-4-6-8-12;1-2/h3-7,10,13H,8-9,18H2,1-2H3,(H,15,17);4-8,10,13H,9H2,1-3H3,(H,15,17);2H2,1H3/p+1. The van der Waals surface area contributed by atoms with Crippen LogP contribution >= 0.6 is 18.5 Å². The molecule has 0 aliphatic carbocycles. The lowest BCUT2D eigenvalue weighted by Crippen LogP contribution is -2.43. The van der Waals surface area contributed by atoms with E-state index in [-0.39, 0.29) is 36.6 Å². The van der Waals surface area contributed by atoms with Crippen molar-refractivity contribution >= 4 is 41.9 Å². The molecular weight excluding hydrogens is 502 g/mol. The molecule has 0 aromatic heterocycles. The Balaban J connectivity index is 0. The summed E-state index contributed by atoms with van der Waals surface area (Å²) in [6, 6.07) is 18.6. The van der Waals surface area contributed by atoms with Crippen molar-refractivity contribution in [1.82, 2.24) is 10.6 Å². The average molecular weight is 548 g/mol. The van der Waals surface area contributed by atoms with E-state index in [0.29, 0.717) is 19.0 Å². The normalized spacial score (nSPS) is 12.5. The summed E-state index contributed by atoms with van der Waals surface area (Å²) in [5, 5.41) is 5.59. The van der Waals surface area contributed by atoms with Gasteiger partial charge in [-0.05, 0) is 44.0 Å². The second-order valence-electron chi connectivity index (χ2n) is 9.01. The van der Waals surface area contributed by atoms with Crippen LogP contribution in [0.1, 0.15) is 47.2 Å². The molecular formula is C29H45N2O4P2+. The molecule has 2 rings (SSSR count). The quantitative estimate of drug-likeness (QED) is 0.409. The Bertz CT molecular complexity index is 960. The Kier molecular flexibility index (Phi) is 18.4. The van der Waals surface area contributed by atoms with Crippen LogP contribution in [0.4, 0.5) is 0 Å². The van der Waals surface area contributed by atoms with Crippen molar-refractivity contribution in [2.24, 2.45) is 11.8 Å². The highest BCUT2D eigenvalue weighted by atomic mass is 31.0. The Labute approximate surface area is 229 Å². The number of ketones is 2. The van der Waals surface area contributed by atoms with Gasteiger partial charge in [-0.3, -0.25) is 19.2 Å². The van der Waals surface area contributed by atoms with Gasteiger partial charge in [0.2, 0.25) is 11.8 Å². The van der Waals surface area contributed by atoms with Crippen LogP contribution in [-0.2, 0) is 32.0 Å². The fraction of sp³-hybridized carbons (Fsp3) is 0.448. The number of hydrogen-bond donors (Lipinski definition) is 2. The van der Waals surface area contributed by atoms with E-state index in [1.807, 2.05) is 88.1 Å². The number of Topliss-reactive ketones (excluding diaryl/α,β-unsaturated/α-hetero) is 2. The molecule has 0 radical (unpaired) electrons. The van der Waals surface area contributed by atoms with Crippen molar-refractivity contribution in [3.8, 4) is 0 Å². The molecule has 2 aromatic rings. The molecule has 2 N–H and O–H groups in total. The monoisotopic (exact) mass is 547 g/mol. The Morgan fingerprint density at radius 3 is 1.35 bits per heavy atom. The number of hydrogen-bond acceptors (Lipinski definition) is 4. The summed E-state index contributed by atoms with van der Waals surface area (Å²) < 4.78 is 0. The maximum Gasteiger partial charge on any atom is 1.00 e. The van der Waals surface area contributed by atoms with E-state index < -0.39 is 12.1 Å². The molecule has 0 bridgehead atoms. The summed E-state index contributed by atoms with van der Waals surface area (Å²) in [7, 11) is 4.96. The Morgan fingerprint density at radius 1 is 0.703 bits per heavy atom. The molecule has 8 heteroatoms. The molecule has 0 saturated carbocycles. The van der Waals surface area contributed by atoms with Crippen LogP contribution in [0.25, 0.3) is 0 Å². The first-order valence-corrected chi connectivity index (χ1v) is 14.5. The molecule has 0 spiro atoms. The van der Waals surface area contributed by atoms with E-state index in [4.69, 9.17) is 0 Å². The largest absolute Gasteiger partial charge is 1.00 e. The van der Waals surface area contributed by atoms with Crippen molar-refractivity contribution in [3.63, 3.8) is 0 Å². The first-order valence-electron chi connectivity index (χ1n) is 12.5. The van der Waals surface area contributed by atoms with Crippen LogP contribution in [0.5, 0.6) is 0 Å². The number of carbonyl (C=O) groups excluding carboxylic acids is 4. The average Bonchev–Trinajstić information content (AvgIpc) is 2.89. The second kappa shape index (κ2) is 19.7. The van der Waals surface area contributed by atoms with Crippen LogP contribution in [0.15, 0.2) is 60.7 Å². The predicted octanol–water partition coefficient (Wildman–Crippen LogP) is 4.38. The number of rotatable bonds is 11. The molecule has 2 amide bonds. The van der Waals surface area contributed by atoms with Crippen molar-refractivity contribution in [3.05, 3.63) is 71.8 Å². The molecule has 5 unspecified atom stereocenters. The lowest BCUT2D eigenvalue weighted by atomic mass is 10.0. The molecule has 2 aromatic carbocycles. The molecule has 0 aliphatic rings. The smallest absolute Gasteiger partial charge is 0.346 e. The van der Waals surface area contributed by atoms with E-state index in [1.165, 1.54) is 13.8 Å². The molecule has 5 atom stereocenters. The third-order valence-electron chi connectivity index (χ3n) is 5.51. The van der Waals surface area contributed by atoms with Gasteiger partial charge in [-0.15, -0.1) is 18.5 Å². The van der Waals surface area contributed by atoms with E-state index in [1.54, 1.807) is 0 Å². The lowest BCUT2D eigenvalue weighted by molar-refractivity contribution is -0.128. The summed E-state index contributed by atoms with van der Waals surface area (Å²) in [5.41, 5.74) is 2.10. The predicted molar refractivity (Wildman–Crippen MR) is 161 cm³/mol. The summed E-state index contributed by atoms with van der Waals surface area (Å²) in [6.45, 7) is 10.4. The zero-order valence-electron chi connectivity index (χ0n) is 24.0. The molecule has 0 saturated heterocycles. The third kappa shape index (κ3) is 14.8. The van der Waals surface area contributed by atoms with E-state index in [2.05, 4.69) is 29.1 Å². The van der Waals surface area contributed by atoms with E-state index in [0.717, 1.165) is 11.1 Å². The van der Waals surface area contributed by atoms with Gasteiger partial charge in [-0.25, -0.2) is 0 Å². The Morgan fingerprint density at radius 2 is 1.05 bits per heavy atom. The van der Waals surface area contributed by atoms with Gasteiger partial charge in [0.1, 0.15) is 0 Å². The maximum absolute atomic E-state index is 11.8. The molecule has 0 heterocycles. The summed E-state index contributed by atoms with van der Waals surface area (Å²) in [6.07, 6.45) is 1.79. The number of benzene rings is 2. The molecule has 0 fully saturated rings. The van der Waals surface area contributed by atoms with Gasteiger partial charge in [0.05, 0.1) is 12.1 Å². The van der Waals surface area contributed by atoms with Crippen molar-refractivity contribution in [2.75, 3.05) is 12.8 Å². The fourth-order valence-electron chi connectivity index (χ4n) is 3.05. The van der Waals surface area contributed by atoms with E-state index in [9.17, 15) is 19.2 Å². The van der Waals surface area contributed by atoms with Gasteiger partial charge in [-0.1, -0.05) is 88.1 Å². The minimum atomic E-state index is -0.432. The molecule has 204 valence electrons. The maximum atomic E-state index is 11.8.